The Bertz CT molecular complexity index is 303. The molecule has 0 spiro atoms. The second-order valence-corrected chi connectivity index (χ2v) is 2.98. The van der Waals surface area contributed by atoms with Crippen LogP contribution in [-0.2, 0) is 6.54 Å². The fourth-order valence-electron chi connectivity index (χ4n) is 0.963. The van der Waals surface area contributed by atoms with Crippen LogP contribution >= 0.6 is 12.4 Å². The fourth-order valence-corrected chi connectivity index (χ4v) is 0.963. The molecule has 0 aliphatic heterocycles. The van der Waals surface area contributed by atoms with Gasteiger partial charge in [-0.05, 0) is 13.0 Å². The maximum Gasteiger partial charge on any atom is 0.408 e. The number of alkyl halides is 3. The second kappa shape index (κ2) is 6.59. The number of nitrogens with zero attached hydrogens (tertiary/aromatic N) is 2. The second-order valence-electron chi connectivity index (χ2n) is 2.98. The highest BCUT2D eigenvalue weighted by Crippen LogP contribution is 2.18. The van der Waals surface area contributed by atoms with Crippen molar-refractivity contribution < 1.29 is 17.9 Å². The molecule has 2 N–H and O–H groups in total. The average Bonchev–Trinajstić information content (AvgIpc) is 2.50. The van der Waals surface area contributed by atoms with Crippen LogP contribution in [0.5, 0.6) is 5.75 Å². The molecule has 0 aliphatic carbocycles. The maximum atomic E-state index is 11.9. The van der Waals surface area contributed by atoms with Crippen LogP contribution < -0.4 is 10.5 Å². The Balaban J connectivity index is 0.00000225. The quantitative estimate of drug-likeness (QED) is 0.817. The van der Waals surface area contributed by atoms with Gasteiger partial charge in [-0.1, -0.05) is 0 Å². The summed E-state index contributed by atoms with van der Waals surface area (Å²) in [4.78, 5) is 0. The molecule has 0 aromatic carbocycles. The van der Waals surface area contributed by atoms with Crippen molar-refractivity contribution in [3.05, 3.63) is 12.4 Å². The fraction of sp³-hybridized carbons (Fsp3) is 0.625. The van der Waals surface area contributed by atoms with Gasteiger partial charge in [0, 0.05) is 0 Å². The van der Waals surface area contributed by atoms with Gasteiger partial charge in [0.1, 0.15) is 6.54 Å². The smallest absolute Gasteiger partial charge is 0.408 e. The minimum Gasteiger partial charge on any atom is -0.490 e. The van der Waals surface area contributed by atoms with Crippen LogP contribution in [0.1, 0.15) is 6.42 Å². The number of halogens is 4. The molecular formula is C8H13ClF3N3O. The lowest BCUT2D eigenvalue weighted by Gasteiger charge is -2.05. The van der Waals surface area contributed by atoms with Gasteiger partial charge in [-0.3, -0.25) is 4.68 Å². The summed E-state index contributed by atoms with van der Waals surface area (Å²) in [6, 6.07) is 0. The molecule has 1 heterocycles. The molecule has 0 saturated heterocycles. The molecule has 1 aromatic rings. The lowest BCUT2D eigenvalue weighted by Crippen LogP contribution is -2.17. The zero-order chi connectivity index (χ0) is 11.3. The first-order chi connectivity index (χ1) is 7.01. The molecule has 1 aromatic heterocycles. The third kappa shape index (κ3) is 5.82. The molecule has 0 fully saturated rings. The summed E-state index contributed by atoms with van der Waals surface area (Å²) < 4.78 is 41.7. The number of rotatable bonds is 5. The van der Waals surface area contributed by atoms with E-state index in [1.807, 2.05) is 0 Å². The predicted octanol–water partition coefficient (Wildman–Crippen LogP) is 1.59. The minimum absolute atomic E-state index is 0. The van der Waals surface area contributed by atoms with Crippen LogP contribution in [0.25, 0.3) is 0 Å². The van der Waals surface area contributed by atoms with E-state index in [0.29, 0.717) is 25.3 Å². The SMILES string of the molecule is Cl.NCCCOc1cnn(CC(F)(F)F)c1. The Morgan fingerprint density at radius 2 is 2.12 bits per heavy atom. The van der Waals surface area contributed by atoms with E-state index >= 15 is 0 Å². The first-order valence-electron chi connectivity index (χ1n) is 4.43. The van der Waals surface area contributed by atoms with Crippen molar-refractivity contribution in [1.29, 1.82) is 0 Å². The van der Waals surface area contributed by atoms with Gasteiger partial charge in [0.05, 0.1) is 19.0 Å². The largest absolute Gasteiger partial charge is 0.490 e. The van der Waals surface area contributed by atoms with Crippen LogP contribution in [0.2, 0.25) is 0 Å². The Morgan fingerprint density at radius 3 is 2.69 bits per heavy atom. The van der Waals surface area contributed by atoms with Crippen molar-refractivity contribution in [2.45, 2.75) is 19.1 Å². The Kier molecular flexibility index (Phi) is 6.20. The van der Waals surface area contributed by atoms with Gasteiger partial charge < -0.3 is 10.5 Å². The van der Waals surface area contributed by atoms with E-state index in [-0.39, 0.29) is 12.4 Å². The summed E-state index contributed by atoms with van der Waals surface area (Å²) in [5.74, 6) is 0.327. The van der Waals surface area contributed by atoms with Gasteiger partial charge in [0.25, 0.3) is 0 Å². The lowest BCUT2D eigenvalue weighted by molar-refractivity contribution is -0.142. The molecule has 0 unspecified atom stereocenters. The molecule has 8 heteroatoms. The van der Waals surface area contributed by atoms with E-state index in [9.17, 15) is 13.2 Å². The molecule has 0 aliphatic rings. The van der Waals surface area contributed by atoms with Crippen molar-refractivity contribution in [1.82, 2.24) is 9.78 Å². The van der Waals surface area contributed by atoms with E-state index in [4.69, 9.17) is 10.5 Å². The minimum atomic E-state index is -4.26. The van der Waals surface area contributed by atoms with E-state index in [0.717, 1.165) is 4.68 Å². The van der Waals surface area contributed by atoms with Crippen molar-refractivity contribution in [3.8, 4) is 5.75 Å². The molecule has 0 amide bonds. The predicted molar refractivity (Wildman–Crippen MR) is 54.7 cm³/mol. The molecule has 0 atom stereocenters. The van der Waals surface area contributed by atoms with E-state index in [1.165, 1.54) is 12.4 Å². The van der Waals surface area contributed by atoms with Crippen molar-refractivity contribution >= 4 is 12.4 Å². The first-order valence-corrected chi connectivity index (χ1v) is 4.43. The number of aromatic nitrogens is 2. The van der Waals surface area contributed by atoms with E-state index < -0.39 is 12.7 Å². The number of hydrogen-bond acceptors (Lipinski definition) is 3. The molecule has 94 valence electrons. The van der Waals surface area contributed by atoms with Gasteiger partial charge >= 0.3 is 6.18 Å². The first kappa shape index (κ1) is 15.0. The van der Waals surface area contributed by atoms with Crippen LogP contribution in [-0.4, -0.2) is 29.1 Å². The molecule has 0 radical (unpaired) electrons. The zero-order valence-corrected chi connectivity index (χ0v) is 9.22. The van der Waals surface area contributed by atoms with Gasteiger partial charge in [0.2, 0.25) is 0 Å². The summed E-state index contributed by atoms with van der Waals surface area (Å²) in [6.07, 6.45) is -1.14. The van der Waals surface area contributed by atoms with Crippen molar-refractivity contribution in [3.63, 3.8) is 0 Å². The van der Waals surface area contributed by atoms with E-state index in [1.54, 1.807) is 0 Å². The van der Waals surface area contributed by atoms with Crippen LogP contribution in [0, 0.1) is 0 Å². The highest BCUT2D eigenvalue weighted by Gasteiger charge is 2.28. The van der Waals surface area contributed by atoms with Gasteiger partial charge in [-0.25, -0.2) is 0 Å². The van der Waals surface area contributed by atoms with Crippen molar-refractivity contribution in [2.24, 2.45) is 5.73 Å². The zero-order valence-electron chi connectivity index (χ0n) is 8.41. The van der Waals surface area contributed by atoms with Gasteiger partial charge in [-0.2, -0.15) is 18.3 Å². The molecule has 16 heavy (non-hydrogen) atoms. The Hall–Kier alpha value is -0.950. The summed E-state index contributed by atoms with van der Waals surface area (Å²) >= 11 is 0. The van der Waals surface area contributed by atoms with Crippen LogP contribution in [0.15, 0.2) is 12.4 Å². The van der Waals surface area contributed by atoms with E-state index in [2.05, 4.69) is 5.10 Å². The summed E-state index contributed by atoms with van der Waals surface area (Å²) in [7, 11) is 0. The maximum absolute atomic E-state index is 11.9. The Morgan fingerprint density at radius 1 is 1.44 bits per heavy atom. The van der Waals surface area contributed by atoms with Crippen LogP contribution in [0.3, 0.4) is 0 Å². The molecule has 4 nitrogen and oxygen atoms in total. The average molecular weight is 260 g/mol. The molecular weight excluding hydrogens is 247 g/mol. The topological polar surface area (TPSA) is 53.1 Å². The highest BCUT2D eigenvalue weighted by atomic mass is 35.5. The monoisotopic (exact) mass is 259 g/mol. The highest BCUT2D eigenvalue weighted by molar-refractivity contribution is 5.85. The normalized spacial score (nSPS) is 11.0. The molecule has 0 bridgehead atoms. The third-order valence-corrected chi connectivity index (χ3v) is 1.57. The Labute approximate surface area is 97.0 Å². The summed E-state index contributed by atoms with van der Waals surface area (Å²) in [6.45, 7) is -0.238. The van der Waals surface area contributed by atoms with Crippen LogP contribution in [0.4, 0.5) is 13.2 Å². The summed E-state index contributed by atoms with van der Waals surface area (Å²) in [5, 5.41) is 3.52. The summed E-state index contributed by atoms with van der Waals surface area (Å²) in [5.41, 5.74) is 5.23. The number of ether oxygens (including phenoxy) is 1. The molecule has 0 saturated carbocycles. The molecule has 1 rings (SSSR count). The lowest BCUT2D eigenvalue weighted by atomic mass is 10.5. The van der Waals surface area contributed by atoms with Gasteiger partial charge in [-0.15, -0.1) is 12.4 Å². The van der Waals surface area contributed by atoms with Crippen molar-refractivity contribution in [2.75, 3.05) is 13.2 Å². The number of nitrogens with two attached hydrogens (primary N) is 1. The standard InChI is InChI=1S/C8H12F3N3O.ClH/c9-8(10,11)6-14-5-7(4-13-14)15-3-1-2-12;/h4-5H,1-3,6,12H2;1H. The number of hydrogen-bond donors (Lipinski definition) is 1. The van der Waals surface area contributed by atoms with Gasteiger partial charge in [0.15, 0.2) is 5.75 Å². The third-order valence-electron chi connectivity index (χ3n) is 1.57.